The van der Waals surface area contributed by atoms with Gasteiger partial charge in [-0.25, -0.2) is 32.8 Å². The maximum atomic E-state index is 14.1. The van der Waals surface area contributed by atoms with Crippen LogP contribution in [0.3, 0.4) is 0 Å². The van der Waals surface area contributed by atoms with Crippen LogP contribution in [0.1, 0.15) is 17.8 Å². The molecule has 2 aliphatic heterocycles. The monoisotopic (exact) mass is 600 g/mol. The predicted octanol–water partition coefficient (Wildman–Crippen LogP) is 2.80. The third-order valence-corrected chi connectivity index (χ3v) is 7.21. The number of para-hydroxylation sites is 2. The first-order chi connectivity index (χ1) is 20.9. The van der Waals surface area contributed by atoms with Crippen LogP contribution >= 0.6 is 0 Å². The molecule has 12 nitrogen and oxygen atoms in total. The van der Waals surface area contributed by atoms with E-state index in [0.717, 1.165) is 12.1 Å². The second-order valence-electron chi connectivity index (χ2n) is 9.92. The predicted molar refractivity (Wildman–Crippen MR) is 148 cm³/mol. The number of morpholine rings is 1. The van der Waals surface area contributed by atoms with Gasteiger partial charge in [-0.2, -0.15) is 15.0 Å². The molecular weight excluding hydrogens is 572 g/mol. The van der Waals surface area contributed by atoms with Crippen LogP contribution in [0.2, 0.25) is 0 Å². The lowest BCUT2D eigenvalue weighted by atomic mass is 10.2. The van der Waals surface area contributed by atoms with Gasteiger partial charge in [0.2, 0.25) is 17.8 Å². The highest BCUT2D eigenvalue weighted by Gasteiger charge is 2.28. The summed E-state index contributed by atoms with van der Waals surface area (Å²) in [6.07, 6.45) is -2.87. The van der Waals surface area contributed by atoms with Crippen LogP contribution < -0.4 is 20.7 Å². The van der Waals surface area contributed by atoms with E-state index < -0.39 is 29.9 Å². The van der Waals surface area contributed by atoms with E-state index in [1.165, 1.54) is 10.6 Å². The fraction of sp³-hybridized carbons (Fsp3) is 0.370. The number of nitrogens with one attached hydrogen (secondary N) is 2. The number of aromatic nitrogens is 5. The summed E-state index contributed by atoms with van der Waals surface area (Å²) in [6.45, 7) is 3.31. The van der Waals surface area contributed by atoms with E-state index in [-0.39, 0.29) is 24.0 Å². The van der Waals surface area contributed by atoms with Crippen LogP contribution in [-0.2, 0) is 11.3 Å². The molecule has 2 aliphatic rings. The molecule has 0 atom stereocenters. The minimum absolute atomic E-state index is 0.0212. The summed E-state index contributed by atoms with van der Waals surface area (Å²) in [4.78, 5) is 36.0. The van der Waals surface area contributed by atoms with Crippen LogP contribution in [0.4, 0.5) is 34.3 Å². The Bertz CT molecular complexity index is 1610. The standard InChI is InChI=1S/C27H28F4N10O2/c28-18-6-5-17(19(29)15-18)16-32-37-27(42)40-9-7-38(8-10-40)24-34-25(39-11-13-43-14-12-39)36-26(35-24)41-21-4-2-1-3-20(21)33-23(41)22(30)31/h1-6,15,22,32H,7-14,16H2,(H,37,42). The van der Waals surface area contributed by atoms with E-state index in [4.69, 9.17) is 4.74 Å². The molecule has 2 saturated heterocycles. The van der Waals surface area contributed by atoms with Crippen LogP contribution in [0.5, 0.6) is 0 Å². The van der Waals surface area contributed by atoms with Gasteiger partial charge in [-0.15, -0.1) is 0 Å². The number of rotatable bonds is 7. The Labute approximate surface area is 243 Å². The topological polar surface area (TPSA) is 117 Å². The zero-order valence-electron chi connectivity index (χ0n) is 22.9. The summed E-state index contributed by atoms with van der Waals surface area (Å²) < 4.78 is 62.0. The van der Waals surface area contributed by atoms with Crippen molar-refractivity contribution in [3.05, 3.63) is 65.5 Å². The number of anilines is 2. The third kappa shape index (κ3) is 6.15. The lowest BCUT2D eigenvalue weighted by molar-refractivity contribution is 0.122. The lowest BCUT2D eigenvalue weighted by Gasteiger charge is -2.35. The molecule has 4 heterocycles. The number of ether oxygens (including phenoxy) is 1. The maximum Gasteiger partial charge on any atom is 0.331 e. The average molecular weight is 601 g/mol. The molecule has 16 heteroatoms. The molecule has 2 N–H and O–H groups in total. The van der Waals surface area contributed by atoms with Crippen LogP contribution in [0.25, 0.3) is 17.0 Å². The average Bonchev–Trinajstić information content (AvgIpc) is 3.43. The smallest absolute Gasteiger partial charge is 0.331 e. The number of fused-ring (bicyclic) bond motifs is 1. The number of alkyl halides is 2. The van der Waals surface area contributed by atoms with Gasteiger partial charge >= 0.3 is 6.03 Å². The number of carbonyl (C=O) groups is 1. The molecule has 226 valence electrons. The fourth-order valence-corrected chi connectivity index (χ4v) is 4.96. The molecule has 4 aromatic rings. The number of hydrazine groups is 1. The van der Waals surface area contributed by atoms with Gasteiger partial charge in [0.05, 0.1) is 24.2 Å². The van der Waals surface area contributed by atoms with Gasteiger partial charge in [-0.05, 0) is 18.2 Å². The third-order valence-electron chi connectivity index (χ3n) is 7.21. The van der Waals surface area contributed by atoms with Crippen molar-refractivity contribution < 1.29 is 27.1 Å². The molecule has 0 spiro atoms. The van der Waals surface area contributed by atoms with E-state index in [9.17, 15) is 22.4 Å². The molecular formula is C27H28F4N10O2. The minimum atomic E-state index is -2.87. The first-order valence-electron chi connectivity index (χ1n) is 13.7. The van der Waals surface area contributed by atoms with Gasteiger partial charge in [-0.1, -0.05) is 18.2 Å². The molecule has 0 unspecified atom stereocenters. The Kier molecular flexibility index (Phi) is 8.20. The van der Waals surface area contributed by atoms with Gasteiger partial charge < -0.3 is 19.4 Å². The summed E-state index contributed by atoms with van der Waals surface area (Å²) in [7, 11) is 0. The van der Waals surface area contributed by atoms with Crippen molar-refractivity contribution in [2.24, 2.45) is 0 Å². The zero-order chi connectivity index (χ0) is 29.9. The largest absolute Gasteiger partial charge is 0.378 e. The van der Waals surface area contributed by atoms with Crippen LogP contribution in [0.15, 0.2) is 42.5 Å². The van der Waals surface area contributed by atoms with Crippen LogP contribution in [0, 0.1) is 11.6 Å². The molecule has 0 bridgehead atoms. The highest BCUT2D eigenvalue weighted by atomic mass is 19.3. The Hall–Kier alpha value is -4.57. The number of benzene rings is 2. The van der Waals surface area contributed by atoms with Crippen molar-refractivity contribution in [1.82, 2.24) is 40.3 Å². The second kappa shape index (κ2) is 12.3. The molecule has 2 fully saturated rings. The molecule has 2 amide bonds. The lowest BCUT2D eigenvalue weighted by Crippen LogP contribution is -2.54. The first kappa shape index (κ1) is 28.5. The summed E-state index contributed by atoms with van der Waals surface area (Å²) in [5, 5.41) is 0. The van der Waals surface area contributed by atoms with E-state index in [2.05, 4.69) is 30.8 Å². The summed E-state index contributed by atoms with van der Waals surface area (Å²) >= 11 is 0. The number of hydrogen-bond acceptors (Lipinski definition) is 9. The highest BCUT2D eigenvalue weighted by Crippen LogP contribution is 2.28. The van der Waals surface area contributed by atoms with Crippen molar-refractivity contribution in [2.75, 3.05) is 62.3 Å². The Morgan fingerprint density at radius 3 is 2.23 bits per heavy atom. The van der Waals surface area contributed by atoms with Gasteiger partial charge in [0.15, 0.2) is 5.82 Å². The summed E-state index contributed by atoms with van der Waals surface area (Å²) in [6, 6.07) is 9.59. The normalized spacial score (nSPS) is 15.9. The molecule has 2 aromatic carbocycles. The van der Waals surface area contributed by atoms with E-state index in [1.807, 2.05) is 9.80 Å². The van der Waals surface area contributed by atoms with Gasteiger partial charge in [0, 0.05) is 57.4 Å². The van der Waals surface area contributed by atoms with E-state index in [1.54, 1.807) is 29.2 Å². The molecule has 2 aromatic heterocycles. The molecule has 0 radical (unpaired) electrons. The zero-order valence-corrected chi connectivity index (χ0v) is 22.9. The number of nitrogens with zero attached hydrogens (tertiary/aromatic N) is 8. The van der Waals surface area contributed by atoms with E-state index in [0.29, 0.717) is 69.5 Å². The number of carbonyl (C=O) groups excluding carboxylic acids is 1. The fourth-order valence-electron chi connectivity index (χ4n) is 4.96. The quantitative estimate of drug-likeness (QED) is 0.244. The number of imidazole rings is 1. The minimum Gasteiger partial charge on any atom is -0.378 e. The SMILES string of the molecule is O=C(NNCc1ccc(F)cc1F)N1CCN(c2nc(N3CCOCC3)nc(-n3c(C(F)F)nc4ccccc43)n2)CC1. The number of hydrogen-bond donors (Lipinski definition) is 2. The molecule has 6 rings (SSSR count). The highest BCUT2D eigenvalue weighted by molar-refractivity contribution is 5.78. The van der Waals surface area contributed by atoms with Gasteiger partial charge in [0.25, 0.3) is 6.43 Å². The van der Waals surface area contributed by atoms with E-state index >= 15 is 0 Å². The number of urea groups is 1. The summed E-state index contributed by atoms with van der Waals surface area (Å²) in [5.74, 6) is -1.23. The Morgan fingerprint density at radius 2 is 1.53 bits per heavy atom. The van der Waals surface area contributed by atoms with Crippen molar-refractivity contribution in [3.63, 3.8) is 0 Å². The van der Waals surface area contributed by atoms with Crippen molar-refractivity contribution in [2.45, 2.75) is 13.0 Å². The maximum absolute atomic E-state index is 14.1. The second-order valence-corrected chi connectivity index (χ2v) is 9.92. The molecule has 0 saturated carbocycles. The van der Waals surface area contributed by atoms with Gasteiger partial charge in [0.1, 0.15) is 11.6 Å². The molecule has 0 aliphatic carbocycles. The molecule has 43 heavy (non-hydrogen) atoms. The first-order valence-corrected chi connectivity index (χ1v) is 13.7. The van der Waals surface area contributed by atoms with Crippen molar-refractivity contribution in [1.29, 1.82) is 0 Å². The van der Waals surface area contributed by atoms with Crippen molar-refractivity contribution >= 4 is 29.0 Å². The summed E-state index contributed by atoms with van der Waals surface area (Å²) in [5.41, 5.74) is 6.23. The number of piperazine rings is 1. The number of halogens is 4. The van der Waals surface area contributed by atoms with Crippen molar-refractivity contribution in [3.8, 4) is 5.95 Å². The Balaban J connectivity index is 1.20. The number of amides is 2. The Morgan fingerprint density at radius 1 is 0.860 bits per heavy atom. The van der Waals surface area contributed by atoms with Crippen LogP contribution in [-0.4, -0.2) is 87.9 Å². The van der Waals surface area contributed by atoms with Gasteiger partial charge in [-0.3, -0.25) is 9.99 Å².